The zero-order chi connectivity index (χ0) is 16.3. The van der Waals surface area contributed by atoms with Gasteiger partial charge >= 0.3 is 0 Å². The van der Waals surface area contributed by atoms with Crippen molar-refractivity contribution in [1.82, 2.24) is 9.21 Å². The molecule has 1 aromatic rings. The molecule has 0 aromatic heterocycles. The van der Waals surface area contributed by atoms with Gasteiger partial charge in [-0.1, -0.05) is 6.07 Å². The van der Waals surface area contributed by atoms with Crippen LogP contribution < -0.4 is 0 Å². The second kappa shape index (κ2) is 7.04. The van der Waals surface area contributed by atoms with Gasteiger partial charge in [-0.25, -0.2) is 12.8 Å². The lowest BCUT2D eigenvalue weighted by atomic mass is 10.0. The average Bonchev–Trinajstić information content (AvgIpc) is 2.47. The maximum atomic E-state index is 13.1. The van der Waals surface area contributed by atoms with Crippen LogP contribution in [0.15, 0.2) is 18.2 Å². The van der Waals surface area contributed by atoms with Gasteiger partial charge in [-0.15, -0.1) is 0 Å². The summed E-state index contributed by atoms with van der Waals surface area (Å²) < 4.78 is 38.2. The fraction of sp³-hybridized carbons (Fsp3) is 0.600. The third-order valence-corrected chi connectivity index (χ3v) is 5.99. The van der Waals surface area contributed by atoms with Crippen molar-refractivity contribution in [3.63, 3.8) is 0 Å². The summed E-state index contributed by atoms with van der Waals surface area (Å²) in [4.78, 5) is 2.04. The van der Waals surface area contributed by atoms with E-state index in [0.717, 1.165) is 5.56 Å². The number of benzene rings is 1. The first-order valence-electron chi connectivity index (χ1n) is 7.47. The van der Waals surface area contributed by atoms with E-state index in [-0.39, 0.29) is 11.6 Å². The molecule has 1 aromatic carbocycles. The topological polar surface area (TPSA) is 60.9 Å². The number of halogens is 1. The summed E-state index contributed by atoms with van der Waals surface area (Å²) in [5, 5.41) is 10.3. The second-order valence-electron chi connectivity index (χ2n) is 5.62. The maximum absolute atomic E-state index is 13.1. The molecule has 1 N–H and O–H groups in total. The van der Waals surface area contributed by atoms with E-state index in [4.69, 9.17) is 0 Å². The summed E-state index contributed by atoms with van der Waals surface area (Å²) in [6, 6.07) is 4.36. The first-order valence-corrected chi connectivity index (χ1v) is 9.08. The highest BCUT2D eigenvalue weighted by Crippen LogP contribution is 2.20. The highest BCUT2D eigenvalue weighted by molar-refractivity contribution is 7.89. The molecule has 0 saturated carbocycles. The van der Waals surface area contributed by atoms with Crippen LogP contribution in [-0.4, -0.2) is 61.2 Å². The van der Waals surface area contributed by atoms with Gasteiger partial charge in [0.25, 0.3) is 0 Å². The molecule has 124 valence electrons. The first-order chi connectivity index (χ1) is 10.3. The molecule has 0 radical (unpaired) electrons. The molecule has 1 unspecified atom stereocenters. The zero-order valence-electron chi connectivity index (χ0n) is 13.0. The smallest absolute Gasteiger partial charge is 0.213 e. The van der Waals surface area contributed by atoms with E-state index < -0.39 is 16.1 Å². The minimum absolute atomic E-state index is 0.115. The Morgan fingerprint density at radius 3 is 2.45 bits per heavy atom. The van der Waals surface area contributed by atoms with E-state index in [9.17, 15) is 17.9 Å². The van der Waals surface area contributed by atoms with Crippen molar-refractivity contribution in [3.05, 3.63) is 35.1 Å². The van der Waals surface area contributed by atoms with Crippen molar-refractivity contribution in [2.75, 3.05) is 38.5 Å². The van der Waals surface area contributed by atoms with Gasteiger partial charge in [0, 0.05) is 32.7 Å². The molecule has 0 spiro atoms. The summed E-state index contributed by atoms with van der Waals surface area (Å²) in [6.07, 6.45) is -0.699. The summed E-state index contributed by atoms with van der Waals surface area (Å²) in [5.41, 5.74) is 1.43. The predicted molar refractivity (Wildman–Crippen MR) is 83.6 cm³/mol. The number of β-amino-alcohol motifs (C(OH)–C–C–N with tert-alkyl or cyclic N) is 1. The number of sulfonamides is 1. The monoisotopic (exact) mass is 330 g/mol. The maximum Gasteiger partial charge on any atom is 0.213 e. The molecule has 0 bridgehead atoms. The number of hydrogen-bond donors (Lipinski definition) is 1. The molecule has 1 fully saturated rings. The number of nitrogens with zero attached hydrogens (tertiary/aromatic N) is 2. The Balaban J connectivity index is 1.93. The summed E-state index contributed by atoms with van der Waals surface area (Å²) in [6.45, 7) is 5.92. The molecule has 1 heterocycles. The van der Waals surface area contributed by atoms with Crippen LogP contribution in [0.25, 0.3) is 0 Å². The van der Waals surface area contributed by atoms with Crippen LogP contribution in [0.4, 0.5) is 4.39 Å². The van der Waals surface area contributed by atoms with Gasteiger partial charge in [0.2, 0.25) is 10.0 Å². The third-order valence-electron chi connectivity index (χ3n) is 4.11. The first kappa shape index (κ1) is 17.3. The average molecular weight is 330 g/mol. The van der Waals surface area contributed by atoms with E-state index in [0.29, 0.717) is 38.3 Å². The Kier molecular flexibility index (Phi) is 5.55. The minimum Gasteiger partial charge on any atom is -0.387 e. The van der Waals surface area contributed by atoms with Crippen molar-refractivity contribution >= 4 is 10.0 Å². The minimum atomic E-state index is -3.13. The van der Waals surface area contributed by atoms with E-state index in [1.807, 2.05) is 4.90 Å². The van der Waals surface area contributed by atoms with Gasteiger partial charge in [0.15, 0.2) is 0 Å². The fourth-order valence-corrected chi connectivity index (χ4v) is 3.81. The lowest BCUT2D eigenvalue weighted by Crippen LogP contribution is -2.49. The SMILES string of the molecule is CCS(=O)(=O)N1CCN(CC(O)c2ccc(F)cc2C)CC1. The van der Waals surface area contributed by atoms with Crippen LogP contribution in [0.2, 0.25) is 0 Å². The lowest BCUT2D eigenvalue weighted by Gasteiger charge is -2.35. The molecule has 5 nitrogen and oxygen atoms in total. The quantitative estimate of drug-likeness (QED) is 0.879. The van der Waals surface area contributed by atoms with Gasteiger partial charge < -0.3 is 5.11 Å². The van der Waals surface area contributed by atoms with Gasteiger partial charge in [0.05, 0.1) is 11.9 Å². The molecule has 7 heteroatoms. The van der Waals surface area contributed by atoms with Crippen LogP contribution >= 0.6 is 0 Å². The molecular weight excluding hydrogens is 307 g/mol. The van der Waals surface area contributed by atoms with Crippen molar-refractivity contribution in [2.24, 2.45) is 0 Å². The number of aliphatic hydroxyl groups excluding tert-OH is 1. The van der Waals surface area contributed by atoms with E-state index in [1.165, 1.54) is 16.4 Å². The Morgan fingerprint density at radius 1 is 1.27 bits per heavy atom. The van der Waals surface area contributed by atoms with Gasteiger partial charge in [-0.2, -0.15) is 4.31 Å². The van der Waals surface area contributed by atoms with Crippen LogP contribution in [-0.2, 0) is 10.0 Å². The standard InChI is InChI=1S/C15H23FN2O3S/c1-3-22(20,21)18-8-6-17(7-9-18)11-15(19)14-5-4-13(16)10-12(14)2/h4-5,10,15,19H,3,6-9,11H2,1-2H3. The van der Waals surface area contributed by atoms with Crippen LogP contribution in [0.5, 0.6) is 0 Å². The molecule has 1 saturated heterocycles. The Bertz CT molecular complexity index is 613. The highest BCUT2D eigenvalue weighted by Gasteiger charge is 2.26. The van der Waals surface area contributed by atoms with Crippen LogP contribution in [0, 0.1) is 12.7 Å². The Labute approximate surface area is 131 Å². The van der Waals surface area contributed by atoms with Crippen molar-refractivity contribution in [2.45, 2.75) is 20.0 Å². The number of rotatable bonds is 5. The molecule has 1 aliphatic heterocycles. The Morgan fingerprint density at radius 2 is 1.91 bits per heavy atom. The van der Waals surface area contributed by atoms with E-state index in [1.54, 1.807) is 19.9 Å². The Hall–Kier alpha value is -1.02. The van der Waals surface area contributed by atoms with E-state index >= 15 is 0 Å². The summed E-state index contributed by atoms with van der Waals surface area (Å²) >= 11 is 0. The van der Waals surface area contributed by atoms with Gasteiger partial charge in [-0.05, 0) is 37.1 Å². The number of piperazine rings is 1. The van der Waals surface area contributed by atoms with Crippen LogP contribution in [0.3, 0.4) is 0 Å². The largest absolute Gasteiger partial charge is 0.387 e. The molecule has 2 rings (SSSR count). The third kappa shape index (κ3) is 4.04. The molecule has 0 aliphatic carbocycles. The fourth-order valence-electron chi connectivity index (χ4n) is 2.73. The summed E-state index contributed by atoms with van der Waals surface area (Å²) in [7, 11) is -3.13. The zero-order valence-corrected chi connectivity index (χ0v) is 13.8. The summed E-state index contributed by atoms with van der Waals surface area (Å²) in [5.74, 6) is -0.198. The van der Waals surface area contributed by atoms with Crippen LogP contribution in [0.1, 0.15) is 24.2 Å². The molecule has 1 aliphatic rings. The number of hydrogen-bond acceptors (Lipinski definition) is 4. The van der Waals surface area contributed by atoms with Crippen molar-refractivity contribution in [1.29, 1.82) is 0 Å². The van der Waals surface area contributed by atoms with Crippen molar-refractivity contribution in [3.8, 4) is 0 Å². The lowest BCUT2D eigenvalue weighted by molar-refractivity contribution is 0.0917. The van der Waals surface area contributed by atoms with E-state index in [2.05, 4.69) is 0 Å². The van der Waals surface area contributed by atoms with Gasteiger partial charge in [-0.3, -0.25) is 4.90 Å². The van der Waals surface area contributed by atoms with Gasteiger partial charge in [0.1, 0.15) is 5.82 Å². The number of aryl methyl sites for hydroxylation is 1. The number of aliphatic hydroxyl groups is 1. The normalized spacial score (nSPS) is 19.3. The molecule has 1 atom stereocenters. The predicted octanol–water partition coefficient (Wildman–Crippen LogP) is 1.13. The molecule has 0 amide bonds. The molecular formula is C15H23FN2O3S. The molecule has 22 heavy (non-hydrogen) atoms. The second-order valence-corrected chi connectivity index (χ2v) is 7.87. The van der Waals surface area contributed by atoms with Crippen molar-refractivity contribution < 1.29 is 17.9 Å². The highest BCUT2D eigenvalue weighted by atomic mass is 32.2.